The van der Waals surface area contributed by atoms with E-state index in [2.05, 4.69) is 15.6 Å². The van der Waals surface area contributed by atoms with E-state index >= 15 is 0 Å². The lowest BCUT2D eigenvalue weighted by atomic mass is 9.95. The van der Waals surface area contributed by atoms with E-state index in [-0.39, 0.29) is 18.4 Å². The number of amides is 2. The van der Waals surface area contributed by atoms with Crippen molar-refractivity contribution in [3.63, 3.8) is 0 Å². The standard InChI is InChI=1S/C25H27N3O3S/c1-16-7-5-8-17(2)23(16)31-15-21(29)28-25-22(19-10-3-4-11-20(19)32-25)24(30)27-14-18-9-6-12-26-13-18/h5-9,12-13H,3-4,10-11,14-15H2,1-2H3,(H,27,30)(H,28,29). The maximum Gasteiger partial charge on any atom is 0.262 e. The van der Waals surface area contributed by atoms with Crippen LogP contribution < -0.4 is 15.4 Å². The van der Waals surface area contributed by atoms with E-state index in [9.17, 15) is 9.59 Å². The van der Waals surface area contributed by atoms with E-state index in [0.717, 1.165) is 53.7 Å². The Hall–Kier alpha value is -3.19. The molecular weight excluding hydrogens is 422 g/mol. The highest BCUT2D eigenvalue weighted by molar-refractivity contribution is 7.17. The molecule has 6 nitrogen and oxygen atoms in total. The van der Waals surface area contributed by atoms with Gasteiger partial charge in [0.1, 0.15) is 10.8 Å². The highest BCUT2D eigenvalue weighted by Crippen LogP contribution is 2.38. The number of para-hydroxylation sites is 1. The molecule has 1 aliphatic carbocycles. The van der Waals surface area contributed by atoms with Crippen LogP contribution in [0.4, 0.5) is 5.00 Å². The van der Waals surface area contributed by atoms with E-state index < -0.39 is 0 Å². The van der Waals surface area contributed by atoms with Crippen molar-refractivity contribution in [3.8, 4) is 5.75 Å². The molecule has 0 saturated carbocycles. The fourth-order valence-corrected chi connectivity index (χ4v) is 5.30. The smallest absolute Gasteiger partial charge is 0.262 e. The summed E-state index contributed by atoms with van der Waals surface area (Å²) in [6, 6.07) is 9.64. The molecule has 0 unspecified atom stereocenters. The molecule has 0 bridgehead atoms. The number of aromatic nitrogens is 1. The molecule has 1 aromatic carbocycles. The average Bonchev–Trinajstić information content (AvgIpc) is 3.15. The van der Waals surface area contributed by atoms with Crippen molar-refractivity contribution in [1.82, 2.24) is 10.3 Å². The summed E-state index contributed by atoms with van der Waals surface area (Å²) in [6.07, 6.45) is 7.39. The van der Waals surface area contributed by atoms with Crippen molar-refractivity contribution >= 4 is 28.2 Å². The van der Waals surface area contributed by atoms with Gasteiger partial charge in [-0.05, 0) is 67.9 Å². The molecule has 1 aliphatic rings. The van der Waals surface area contributed by atoms with Crippen LogP contribution >= 0.6 is 11.3 Å². The van der Waals surface area contributed by atoms with Gasteiger partial charge in [0.2, 0.25) is 0 Å². The molecule has 2 aromatic heterocycles. The highest BCUT2D eigenvalue weighted by Gasteiger charge is 2.26. The largest absolute Gasteiger partial charge is 0.483 e. The third kappa shape index (κ3) is 4.99. The Balaban J connectivity index is 1.48. The van der Waals surface area contributed by atoms with Crippen LogP contribution in [-0.4, -0.2) is 23.4 Å². The molecule has 2 heterocycles. The minimum Gasteiger partial charge on any atom is -0.483 e. The fraction of sp³-hybridized carbons (Fsp3) is 0.320. The topological polar surface area (TPSA) is 80.3 Å². The summed E-state index contributed by atoms with van der Waals surface area (Å²) >= 11 is 1.51. The van der Waals surface area contributed by atoms with Crippen LogP contribution in [0.3, 0.4) is 0 Å². The van der Waals surface area contributed by atoms with E-state index in [1.54, 1.807) is 12.4 Å². The number of nitrogens with one attached hydrogen (secondary N) is 2. The zero-order valence-corrected chi connectivity index (χ0v) is 19.2. The van der Waals surface area contributed by atoms with Crippen LogP contribution in [0.25, 0.3) is 0 Å². The number of anilines is 1. The molecule has 166 valence electrons. The zero-order chi connectivity index (χ0) is 22.5. The highest BCUT2D eigenvalue weighted by atomic mass is 32.1. The van der Waals surface area contributed by atoms with Gasteiger partial charge in [0.25, 0.3) is 11.8 Å². The van der Waals surface area contributed by atoms with Crippen molar-refractivity contribution in [2.24, 2.45) is 0 Å². The first-order valence-electron chi connectivity index (χ1n) is 10.8. The summed E-state index contributed by atoms with van der Waals surface area (Å²) in [4.78, 5) is 31.1. The molecule has 7 heteroatoms. The number of nitrogens with zero attached hydrogens (tertiary/aromatic N) is 1. The number of fused-ring (bicyclic) bond motifs is 1. The van der Waals surface area contributed by atoms with Crippen LogP contribution in [0, 0.1) is 13.8 Å². The third-order valence-corrected chi connectivity index (χ3v) is 6.79. The Morgan fingerprint density at radius 1 is 1.09 bits per heavy atom. The predicted molar refractivity (Wildman–Crippen MR) is 126 cm³/mol. The molecule has 0 radical (unpaired) electrons. The molecular formula is C25H27N3O3S. The van der Waals surface area contributed by atoms with Gasteiger partial charge in [0.05, 0.1) is 5.56 Å². The first kappa shape index (κ1) is 22.0. The molecule has 2 amide bonds. The van der Waals surface area contributed by atoms with Crippen molar-refractivity contribution in [2.75, 3.05) is 11.9 Å². The van der Waals surface area contributed by atoms with Gasteiger partial charge in [-0.2, -0.15) is 0 Å². The van der Waals surface area contributed by atoms with Gasteiger partial charge in [-0.3, -0.25) is 14.6 Å². The lowest BCUT2D eigenvalue weighted by molar-refractivity contribution is -0.118. The van der Waals surface area contributed by atoms with Crippen molar-refractivity contribution in [1.29, 1.82) is 0 Å². The molecule has 4 rings (SSSR count). The maximum absolute atomic E-state index is 13.1. The number of aryl methyl sites for hydroxylation is 3. The molecule has 0 fully saturated rings. The van der Waals surface area contributed by atoms with Crippen molar-refractivity contribution in [2.45, 2.75) is 46.1 Å². The van der Waals surface area contributed by atoms with E-state index in [0.29, 0.717) is 17.1 Å². The van der Waals surface area contributed by atoms with Gasteiger partial charge >= 0.3 is 0 Å². The summed E-state index contributed by atoms with van der Waals surface area (Å²) < 4.78 is 5.79. The van der Waals surface area contributed by atoms with Gasteiger partial charge in [-0.1, -0.05) is 24.3 Å². The van der Waals surface area contributed by atoms with Crippen molar-refractivity contribution < 1.29 is 14.3 Å². The predicted octanol–water partition coefficient (Wildman–Crippen LogP) is 4.59. The molecule has 0 saturated heterocycles. The quantitative estimate of drug-likeness (QED) is 0.553. The van der Waals surface area contributed by atoms with E-state index in [1.807, 2.05) is 44.2 Å². The first-order valence-corrected chi connectivity index (χ1v) is 11.6. The SMILES string of the molecule is Cc1cccc(C)c1OCC(=O)Nc1sc2c(c1C(=O)NCc1cccnc1)CCCC2. The van der Waals surface area contributed by atoms with E-state index in [1.165, 1.54) is 16.2 Å². The van der Waals surface area contributed by atoms with Gasteiger partial charge < -0.3 is 15.4 Å². The molecule has 3 aromatic rings. The van der Waals surface area contributed by atoms with E-state index in [4.69, 9.17) is 4.74 Å². The number of hydrogen-bond acceptors (Lipinski definition) is 5. The third-order valence-electron chi connectivity index (χ3n) is 5.58. The number of pyridine rings is 1. The number of carbonyl (C=O) groups is 2. The summed E-state index contributed by atoms with van der Waals surface area (Å²) in [7, 11) is 0. The van der Waals surface area contributed by atoms with Crippen LogP contribution in [0.5, 0.6) is 5.75 Å². The molecule has 0 aliphatic heterocycles. The van der Waals surface area contributed by atoms with Crippen LogP contribution in [-0.2, 0) is 24.2 Å². The second kappa shape index (κ2) is 9.96. The van der Waals surface area contributed by atoms with Crippen LogP contribution in [0.2, 0.25) is 0 Å². The normalized spacial score (nSPS) is 12.7. The first-order chi connectivity index (χ1) is 15.5. The van der Waals surface area contributed by atoms with Crippen molar-refractivity contribution in [3.05, 3.63) is 75.4 Å². The lowest BCUT2D eigenvalue weighted by Gasteiger charge is -2.14. The Kier molecular flexibility index (Phi) is 6.85. The van der Waals surface area contributed by atoms with Crippen LogP contribution in [0.15, 0.2) is 42.7 Å². The number of hydrogen-bond donors (Lipinski definition) is 2. The number of benzene rings is 1. The van der Waals surface area contributed by atoms with Gasteiger partial charge in [-0.15, -0.1) is 11.3 Å². The second-order valence-corrected chi connectivity index (χ2v) is 9.12. The number of carbonyl (C=O) groups excluding carboxylic acids is 2. The Morgan fingerprint density at radius 2 is 1.88 bits per heavy atom. The number of thiophene rings is 1. The Bertz CT molecular complexity index is 1100. The summed E-state index contributed by atoms with van der Waals surface area (Å²) in [5.74, 6) is 0.286. The molecule has 32 heavy (non-hydrogen) atoms. The van der Waals surface area contributed by atoms with Gasteiger partial charge in [-0.25, -0.2) is 0 Å². The summed E-state index contributed by atoms with van der Waals surface area (Å²) in [5, 5.41) is 6.53. The lowest BCUT2D eigenvalue weighted by Crippen LogP contribution is -2.26. The van der Waals surface area contributed by atoms with Crippen LogP contribution in [0.1, 0.15) is 50.3 Å². The van der Waals surface area contributed by atoms with Gasteiger partial charge in [0.15, 0.2) is 6.61 Å². The number of ether oxygens (including phenoxy) is 1. The molecule has 2 N–H and O–H groups in total. The van der Waals surface area contributed by atoms with Gasteiger partial charge in [0, 0.05) is 23.8 Å². The number of rotatable bonds is 7. The Labute approximate surface area is 192 Å². The average molecular weight is 450 g/mol. The molecule has 0 atom stereocenters. The minimum atomic E-state index is -0.271. The molecule has 0 spiro atoms. The summed E-state index contributed by atoms with van der Waals surface area (Å²) in [5.41, 5.74) is 4.56. The summed E-state index contributed by atoms with van der Waals surface area (Å²) in [6.45, 7) is 4.20. The monoisotopic (exact) mass is 449 g/mol. The minimum absolute atomic E-state index is 0.106. The zero-order valence-electron chi connectivity index (χ0n) is 18.4. The Morgan fingerprint density at radius 3 is 2.62 bits per heavy atom. The second-order valence-electron chi connectivity index (χ2n) is 8.02. The fourth-order valence-electron chi connectivity index (χ4n) is 3.99. The maximum atomic E-state index is 13.1.